The van der Waals surface area contributed by atoms with Crippen molar-refractivity contribution in [3.63, 3.8) is 0 Å². The molecule has 2 N–H and O–H groups in total. The molecule has 0 saturated carbocycles. The Kier molecular flexibility index (Phi) is 7.10. The van der Waals surface area contributed by atoms with E-state index >= 15 is 0 Å². The van der Waals surface area contributed by atoms with Crippen molar-refractivity contribution in [2.24, 2.45) is 0 Å². The second-order valence-corrected chi connectivity index (χ2v) is 5.99. The average molecular weight is 340 g/mol. The summed E-state index contributed by atoms with van der Waals surface area (Å²) >= 11 is 0. The maximum absolute atomic E-state index is 12.1. The molecule has 1 heterocycles. The molecule has 25 heavy (non-hydrogen) atoms. The van der Waals surface area contributed by atoms with E-state index in [1.807, 2.05) is 32.3 Å². The zero-order valence-electron chi connectivity index (χ0n) is 14.7. The van der Waals surface area contributed by atoms with Crippen molar-refractivity contribution in [3.8, 4) is 0 Å². The van der Waals surface area contributed by atoms with Crippen LogP contribution in [0.4, 0.5) is 0 Å². The zero-order valence-corrected chi connectivity index (χ0v) is 14.7. The van der Waals surface area contributed by atoms with Crippen LogP contribution in [-0.2, 0) is 6.54 Å². The van der Waals surface area contributed by atoms with Gasteiger partial charge >= 0.3 is 0 Å². The Balaban J connectivity index is 1.82. The van der Waals surface area contributed by atoms with Gasteiger partial charge in [-0.1, -0.05) is 6.07 Å². The second-order valence-electron chi connectivity index (χ2n) is 5.99. The van der Waals surface area contributed by atoms with Crippen molar-refractivity contribution in [2.75, 3.05) is 27.2 Å². The Labute approximate surface area is 148 Å². The van der Waals surface area contributed by atoms with Crippen molar-refractivity contribution in [1.82, 2.24) is 20.5 Å². The number of hydrogen-bond donors (Lipinski definition) is 2. The summed E-state index contributed by atoms with van der Waals surface area (Å²) in [6.07, 6.45) is 2.58. The van der Waals surface area contributed by atoms with Gasteiger partial charge in [-0.15, -0.1) is 0 Å². The van der Waals surface area contributed by atoms with Crippen molar-refractivity contribution < 1.29 is 9.59 Å². The van der Waals surface area contributed by atoms with Gasteiger partial charge in [0, 0.05) is 23.9 Å². The van der Waals surface area contributed by atoms with Crippen LogP contribution in [0.15, 0.2) is 48.7 Å². The predicted molar refractivity (Wildman–Crippen MR) is 97.4 cm³/mol. The molecule has 0 unspecified atom stereocenters. The quantitative estimate of drug-likeness (QED) is 0.717. The number of rotatable bonds is 8. The number of pyridine rings is 1. The van der Waals surface area contributed by atoms with E-state index in [4.69, 9.17) is 0 Å². The summed E-state index contributed by atoms with van der Waals surface area (Å²) < 4.78 is 0. The fourth-order valence-corrected chi connectivity index (χ4v) is 2.25. The van der Waals surface area contributed by atoms with Crippen LogP contribution in [0.5, 0.6) is 0 Å². The first-order chi connectivity index (χ1) is 12.1. The van der Waals surface area contributed by atoms with Gasteiger partial charge < -0.3 is 15.5 Å². The third-order valence-corrected chi connectivity index (χ3v) is 3.63. The summed E-state index contributed by atoms with van der Waals surface area (Å²) in [5, 5.41) is 5.68. The summed E-state index contributed by atoms with van der Waals surface area (Å²) in [7, 11) is 4.00. The Hall–Kier alpha value is -2.73. The lowest BCUT2D eigenvalue weighted by Crippen LogP contribution is -2.27. The highest BCUT2D eigenvalue weighted by Crippen LogP contribution is 2.05. The summed E-state index contributed by atoms with van der Waals surface area (Å²) in [4.78, 5) is 30.4. The van der Waals surface area contributed by atoms with Crippen LogP contribution < -0.4 is 10.6 Å². The van der Waals surface area contributed by atoms with E-state index in [9.17, 15) is 9.59 Å². The first-order valence-electron chi connectivity index (χ1n) is 8.27. The van der Waals surface area contributed by atoms with E-state index in [0.29, 0.717) is 24.2 Å². The van der Waals surface area contributed by atoms with E-state index in [2.05, 4.69) is 20.5 Å². The molecule has 2 rings (SSSR count). The number of carbonyl (C=O) groups excluding carboxylic acids is 2. The first-order valence-corrected chi connectivity index (χ1v) is 8.27. The molecule has 0 aliphatic carbocycles. The molecule has 132 valence electrons. The lowest BCUT2D eigenvalue weighted by molar-refractivity contribution is 0.0939. The Bertz CT molecular complexity index is 684. The molecule has 0 radical (unpaired) electrons. The summed E-state index contributed by atoms with van der Waals surface area (Å²) in [6.45, 7) is 1.92. The molecule has 0 atom stereocenters. The smallest absolute Gasteiger partial charge is 0.251 e. The van der Waals surface area contributed by atoms with Gasteiger partial charge in [0.05, 0.1) is 12.2 Å². The lowest BCUT2D eigenvalue weighted by atomic mass is 10.1. The van der Waals surface area contributed by atoms with Gasteiger partial charge in [0.1, 0.15) is 0 Å². The number of hydrogen-bond acceptors (Lipinski definition) is 4. The van der Waals surface area contributed by atoms with Crippen LogP contribution in [0.2, 0.25) is 0 Å². The summed E-state index contributed by atoms with van der Waals surface area (Å²) in [5.41, 5.74) is 1.86. The fraction of sp³-hybridized carbons (Fsp3) is 0.316. The van der Waals surface area contributed by atoms with Gasteiger partial charge in [0.2, 0.25) is 0 Å². The topological polar surface area (TPSA) is 74.3 Å². The number of carbonyl (C=O) groups is 2. The van der Waals surface area contributed by atoms with E-state index < -0.39 is 0 Å². The number of benzene rings is 1. The zero-order chi connectivity index (χ0) is 18.1. The maximum atomic E-state index is 12.1. The summed E-state index contributed by atoms with van der Waals surface area (Å²) in [5.74, 6) is -0.317. The molecule has 0 aliphatic heterocycles. The molecule has 0 spiro atoms. The normalized spacial score (nSPS) is 10.5. The molecule has 2 aromatic rings. The first kappa shape index (κ1) is 18.6. The summed E-state index contributed by atoms with van der Waals surface area (Å²) in [6, 6.07) is 12.2. The highest BCUT2D eigenvalue weighted by Gasteiger charge is 2.09. The molecule has 6 nitrogen and oxygen atoms in total. The molecule has 0 bridgehead atoms. The standard InChI is InChI=1S/C19H24N4O2/c1-23(2)13-5-12-21-18(24)15-7-9-16(10-8-15)19(25)22-14-17-6-3-4-11-20-17/h3-4,6-11H,5,12-14H2,1-2H3,(H,21,24)(H,22,25). The number of aromatic nitrogens is 1. The predicted octanol–water partition coefficient (Wildman–Crippen LogP) is 1.69. The van der Waals surface area contributed by atoms with Crippen LogP contribution in [0.25, 0.3) is 0 Å². The molecule has 6 heteroatoms. The number of nitrogens with one attached hydrogen (secondary N) is 2. The van der Waals surface area contributed by atoms with E-state index in [1.165, 1.54) is 0 Å². The van der Waals surface area contributed by atoms with Crippen LogP contribution in [0.3, 0.4) is 0 Å². The minimum Gasteiger partial charge on any atom is -0.352 e. The Morgan fingerprint density at radius 2 is 1.60 bits per heavy atom. The van der Waals surface area contributed by atoms with E-state index in [0.717, 1.165) is 18.7 Å². The van der Waals surface area contributed by atoms with Crippen molar-refractivity contribution in [2.45, 2.75) is 13.0 Å². The third-order valence-electron chi connectivity index (χ3n) is 3.63. The third kappa shape index (κ3) is 6.35. The molecule has 1 aromatic heterocycles. The van der Waals surface area contributed by atoms with Crippen LogP contribution >= 0.6 is 0 Å². The highest BCUT2D eigenvalue weighted by molar-refractivity contribution is 5.97. The van der Waals surface area contributed by atoms with Gasteiger partial charge in [-0.3, -0.25) is 14.6 Å². The molecular formula is C19H24N4O2. The van der Waals surface area contributed by atoms with Crippen LogP contribution in [0, 0.1) is 0 Å². The minimum atomic E-state index is -0.191. The molecule has 0 aliphatic rings. The SMILES string of the molecule is CN(C)CCCNC(=O)c1ccc(C(=O)NCc2ccccn2)cc1. The second kappa shape index (κ2) is 9.54. The molecule has 2 amide bonds. The van der Waals surface area contributed by atoms with Gasteiger partial charge in [-0.25, -0.2) is 0 Å². The number of amides is 2. The van der Waals surface area contributed by atoms with Gasteiger partial charge in [0.15, 0.2) is 0 Å². The highest BCUT2D eigenvalue weighted by atomic mass is 16.2. The minimum absolute atomic E-state index is 0.126. The maximum Gasteiger partial charge on any atom is 0.251 e. The van der Waals surface area contributed by atoms with Gasteiger partial charge in [-0.05, 0) is 63.5 Å². The number of nitrogens with zero attached hydrogens (tertiary/aromatic N) is 2. The molecule has 0 fully saturated rings. The fourth-order valence-electron chi connectivity index (χ4n) is 2.25. The molecule has 1 aromatic carbocycles. The van der Waals surface area contributed by atoms with Gasteiger partial charge in [0.25, 0.3) is 11.8 Å². The van der Waals surface area contributed by atoms with Crippen LogP contribution in [-0.4, -0.2) is 48.9 Å². The largest absolute Gasteiger partial charge is 0.352 e. The monoisotopic (exact) mass is 340 g/mol. The lowest BCUT2D eigenvalue weighted by Gasteiger charge is -2.10. The van der Waals surface area contributed by atoms with Crippen molar-refractivity contribution in [3.05, 3.63) is 65.5 Å². The Morgan fingerprint density at radius 1 is 0.960 bits per heavy atom. The Morgan fingerprint density at radius 3 is 2.16 bits per heavy atom. The van der Waals surface area contributed by atoms with Gasteiger partial charge in [-0.2, -0.15) is 0 Å². The van der Waals surface area contributed by atoms with Crippen molar-refractivity contribution >= 4 is 11.8 Å². The average Bonchev–Trinajstić information content (AvgIpc) is 2.64. The van der Waals surface area contributed by atoms with E-state index in [1.54, 1.807) is 30.5 Å². The van der Waals surface area contributed by atoms with Crippen molar-refractivity contribution in [1.29, 1.82) is 0 Å². The molecular weight excluding hydrogens is 316 g/mol. The van der Waals surface area contributed by atoms with E-state index in [-0.39, 0.29) is 11.8 Å². The molecule has 0 saturated heterocycles. The van der Waals surface area contributed by atoms with Crippen LogP contribution in [0.1, 0.15) is 32.8 Å².